The van der Waals surface area contributed by atoms with Gasteiger partial charge in [0.2, 0.25) is 0 Å². The normalized spacial score (nSPS) is 14.3. The van der Waals surface area contributed by atoms with E-state index in [-0.39, 0.29) is 22.3 Å². The largest absolute Gasteiger partial charge is 0.477 e. The minimum Gasteiger partial charge on any atom is -0.477 e. The van der Waals surface area contributed by atoms with Gasteiger partial charge < -0.3 is 20.0 Å². The highest BCUT2D eigenvalue weighted by Gasteiger charge is 2.48. The molecule has 3 aliphatic rings. The number of hydrogen-bond donors (Lipinski definition) is 2. The van der Waals surface area contributed by atoms with Crippen LogP contribution in [0.25, 0.3) is 42.8 Å². The van der Waals surface area contributed by atoms with Gasteiger partial charge in [-0.2, -0.15) is 19.3 Å². The molecule has 338 valence electrons. The summed E-state index contributed by atoms with van der Waals surface area (Å²) in [7, 11) is 0. The SMILES string of the molecule is CCCCCCN1c2ccc(/C=C(/C#N)C(=O)O)cc2Sc2cc(-c3cc4c(s3)-c3sc(-c5ccc6c(c5)Sc5cc(/C=C(/C#N)C(=O)O)ccc5N6CCCCCC)cc3C4(F)F)ccc21. The molecule has 0 unspecified atom stereocenters. The Kier molecular flexibility index (Phi) is 13.2. The molecule has 0 radical (unpaired) electrons. The summed E-state index contributed by atoms with van der Waals surface area (Å²) in [6, 6.07) is 30.5. The van der Waals surface area contributed by atoms with Crippen molar-refractivity contribution >= 4 is 93.0 Å². The predicted molar refractivity (Wildman–Crippen MR) is 267 cm³/mol. The Morgan fingerprint density at radius 1 is 0.582 bits per heavy atom. The average molecular weight is 967 g/mol. The first-order valence-corrected chi connectivity index (χ1v) is 25.5. The third-order valence-electron chi connectivity index (χ3n) is 12.2. The fourth-order valence-electron chi connectivity index (χ4n) is 8.80. The lowest BCUT2D eigenvalue weighted by Gasteiger charge is -2.33. The summed E-state index contributed by atoms with van der Waals surface area (Å²) in [6.07, 6.45) is 11.3. The van der Waals surface area contributed by atoms with Crippen LogP contribution in [-0.4, -0.2) is 35.2 Å². The molecule has 4 heterocycles. The summed E-state index contributed by atoms with van der Waals surface area (Å²) in [4.78, 5) is 34.2. The van der Waals surface area contributed by atoms with E-state index in [9.17, 15) is 30.3 Å². The van der Waals surface area contributed by atoms with Gasteiger partial charge in [0.15, 0.2) is 0 Å². The van der Waals surface area contributed by atoms with Crippen LogP contribution in [0, 0.1) is 22.7 Å². The molecular formula is C53H44F2N4O4S4. The molecule has 2 aliphatic heterocycles. The zero-order chi connectivity index (χ0) is 47.0. The maximum absolute atomic E-state index is 16.6. The number of benzene rings is 4. The molecule has 0 atom stereocenters. The van der Waals surface area contributed by atoms with Crippen molar-refractivity contribution in [3.63, 3.8) is 0 Å². The number of halogens is 2. The highest BCUT2D eigenvalue weighted by Crippen LogP contribution is 2.61. The summed E-state index contributed by atoms with van der Waals surface area (Å²) < 4.78 is 33.2. The van der Waals surface area contributed by atoms with Gasteiger partial charge in [-0.1, -0.05) is 100 Å². The number of alkyl halides is 2. The van der Waals surface area contributed by atoms with Crippen LogP contribution < -0.4 is 9.80 Å². The Morgan fingerprint density at radius 3 is 1.34 bits per heavy atom. The van der Waals surface area contributed by atoms with Crippen molar-refractivity contribution < 1.29 is 28.6 Å². The van der Waals surface area contributed by atoms with Gasteiger partial charge >= 0.3 is 17.9 Å². The van der Waals surface area contributed by atoms with Gasteiger partial charge in [0.25, 0.3) is 0 Å². The fraction of sp³-hybridized carbons (Fsp3) is 0.245. The Morgan fingerprint density at radius 2 is 0.970 bits per heavy atom. The van der Waals surface area contributed by atoms with Crippen LogP contribution in [0.5, 0.6) is 0 Å². The maximum Gasteiger partial charge on any atom is 0.346 e. The van der Waals surface area contributed by atoms with Gasteiger partial charge in [0.05, 0.1) is 32.5 Å². The van der Waals surface area contributed by atoms with Crippen LogP contribution in [-0.2, 0) is 15.5 Å². The molecule has 0 saturated heterocycles. The molecule has 0 bridgehead atoms. The minimum atomic E-state index is -3.19. The molecule has 2 aromatic heterocycles. The van der Waals surface area contributed by atoms with E-state index in [1.54, 1.807) is 47.8 Å². The molecule has 4 aromatic carbocycles. The zero-order valence-corrected chi connectivity index (χ0v) is 40.0. The number of unbranched alkanes of at least 4 members (excludes halogenated alkanes) is 6. The quantitative estimate of drug-likeness (QED) is 0.0549. The van der Waals surface area contributed by atoms with Crippen molar-refractivity contribution in [1.29, 1.82) is 10.5 Å². The van der Waals surface area contributed by atoms with Crippen LogP contribution in [0.1, 0.15) is 87.5 Å². The van der Waals surface area contributed by atoms with Crippen molar-refractivity contribution in [2.75, 3.05) is 22.9 Å². The van der Waals surface area contributed by atoms with Crippen molar-refractivity contribution in [1.82, 2.24) is 0 Å². The number of carboxylic acids is 2. The molecule has 0 fully saturated rings. The lowest BCUT2D eigenvalue weighted by Crippen LogP contribution is -2.22. The molecule has 0 amide bonds. The number of nitriles is 2. The van der Waals surface area contributed by atoms with E-state index in [0.29, 0.717) is 20.9 Å². The maximum atomic E-state index is 16.6. The molecule has 0 saturated carbocycles. The first-order valence-electron chi connectivity index (χ1n) is 22.3. The summed E-state index contributed by atoms with van der Waals surface area (Å²) in [5.41, 5.74) is 6.26. The smallest absolute Gasteiger partial charge is 0.346 e. The molecule has 2 N–H and O–H groups in total. The number of carbonyl (C=O) groups is 2. The molecule has 67 heavy (non-hydrogen) atoms. The molecule has 6 aromatic rings. The van der Waals surface area contributed by atoms with E-state index in [1.807, 2.05) is 48.5 Å². The van der Waals surface area contributed by atoms with E-state index in [0.717, 1.165) is 128 Å². The first kappa shape index (κ1) is 46.0. The number of fused-ring (bicyclic) bond motifs is 7. The Labute approximate surface area is 404 Å². The summed E-state index contributed by atoms with van der Waals surface area (Å²) in [5, 5.41) is 37.8. The third kappa shape index (κ3) is 8.92. The topological polar surface area (TPSA) is 129 Å². The number of anilines is 4. The van der Waals surface area contributed by atoms with Gasteiger partial charge in [-0.15, -0.1) is 22.7 Å². The Balaban J connectivity index is 1.03. The van der Waals surface area contributed by atoms with Crippen molar-refractivity contribution in [3.8, 4) is 42.8 Å². The number of rotatable bonds is 16. The molecule has 1 aliphatic carbocycles. The molecule has 0 spiro atoms. The van der Waals surface area contributed by atoms with E-state index in [1.165, 1.54) is 34.8 Å². The number of nitrogens with zero attached hydrogens (tertiary/aromatic N) is 4. The summed E-state index contributed by atoms with van der Waals surface area (Å²) in [6.45, 7) is 5.91. The highest BCUT2D eigenvalue weighted by atomic mass is 32.2. The zero-order valence-electron chi connectivity index (χ0n) is 36.7. The van der Waals surface area contributed by atoms with Crippen LogP contribution >= 0.6 is 46.2 Å². The monoisotopic (exact) mass is 966 g/mol. The van der Waals surface area contributed by atoms with Crippen molar-refractivity contribution in [2.24, 2.45) is 0 Å². The standard InChI is InChI=1S/C53H44F2N4O4S4/c1-3-5-7-9-19-58-39-15-11-31(21-35(29-56)51(60)61)23-45(39)64-47-25-33(13-17-41(47)58)43-27-37-49(66-43)50-38(53(37,54)55)28-44(67-50)34-14-18-42-48(26-34)65-46-24-32(22-36(30-57)52(62)63)12-16-40(46)59(42)20-10-8-6-4-2/h11-18,21-28H,3-10,19-20H2,1-2H3,(H,60,61)(H,62,63)/b35-21-,36-22-. The predicted octanol–water partition coefficient (Wildman–Crippen LogP) is 15.6. The molecule has 8 nitrogen and oxygen atoms in total. The second-order valence-electron chi connectivity index (χ2n) is 16.7. The minimum absolute atomic E-state index is 0.0142. The van der Waals surface area contributed by atoms with E-state index in [2.05, 4.69) is 47.9 Å². The van der Waals surface area contributed by atoms with Crippen LogP contribution in [0.2, 0.25) is 0 Å². The molecular weight excluding hydrogens is 923 g/mol. The molecule has 14 heteroatoms. The van der Waals surface area contributed by atoms with Crippen LogP contribution in [0.15, 0.2) is 116 Å². The first-order chi connectivity index (χ1) is 32.4. The third-order valence-corrected chi connectivity index (χ3v) is 16.9. The number of aliphatic carboxylic acids is 2. The van der Waals surface area contributed by atoms with E-state index in [4.69, 9.17) is 0 Å². The fourth-order valence-corrected chi connectivity index (χ4v) is 13.7. The lowest BCUT2D eigenvalue weighted by molar-refractivity contribution is -0.133. The van der Waals surface area contributed by atoms with Gasteiger partial charge in [-0.05, 0) is 108 Å². The van der Waals surface area contributed by atoms with Crippen molar-refractivity contribution in [3.05, 3.63) is 118 Å². The lowest BCUT2D eigenvalue weighted by atomic mass is 10.1. The summed E-state index contributed by atoms with van der Waals surface area (Å²) >= 11 is 5.85. The van der Waals surface area contributed by atoms with E-state index >= 15 is 8.78 Å². The van der Waals surface area contributed by atoms with Gasteiger partial charge in [-0.3, -0.25) is 0 Å². The second kappa shape index (κ2) is 19.2. The number of carboxylic acid groups (broad SMARTS) is 2. The van der Waals surface area contributed by atoms with Gasteiger partial charge in [-0.25, -0.2) is 9.59 Å². The van der Waals surface area contributed by atoms with Crippen molar-refractivity contribution in [2.45, 2.75) is 90.7 Å². The van der Waals surface area contributed by atoms with Gasteiger partial charge in [0, 0.05) is 53.6 Å². The Bertz CT molecular complexity index is 2920. The number of hydrogen-bond acceptors (Lipinski definition) is 10. The summed E-state index contributed by atoms with van der Waals surface area (Å²) in [5.74, 6) is -5.76. The van der Waals surface area contributed by atoms with Crippen LogP contribution in [0.4, 0.5) is 31.5 Å². The van der Waals surface area contributed by atoms with Crippen LogP contribution in [0.3, 0.4) is 0 Å². The Hall–Kier alpha value is -6.16. The average Bonchev–Trinajstić information content (AvgIpc) is 4.02. The second-order valence-corrected chi connectivity index (χ2v) is 21.0. The highest BCUT2D eigenvalue weighted by molar-refractivity contribution is 8.00. The van der Waals surface area contributed by atoms with E-state index < -0.39 is 17.9 Å². The van der Waals surface area contributed by atoms with Gasteiger partial charge in [0.1, 0.15) is 23.3 Å². The molecule has 9 rings (SSSR count). The number of thiophene rings is 2.